The van der Waals surface area contributed by atoms with Crippen molar-refractivity contribution >= 4 is 27.8 Å². The van der Waals surface area contributed by atoms with E-state index in [1.54, 1.807) is 12.4 Å². The zero-order chi connectivity index (χ0) is 21.7. The Balaban J connectivity index is 1.48. The first-order chi connectivity index (χ1) is 15.7. The molecule has 1 aliphatic rings. The lowest BCUT2D eigenvalue weighted by Crippen LogP contribution is -2.44. The SMILES string of the molecule is CN1CCN(c2ccnc3nc(-c4n[nH]c5cnc(-c6cncnc6)c(F)c45)[nH]c23)CC1. The third-order valence-corrected chi connectivity index (χ3v) is 5.82. The van der Waals surface area contributed by atoms with E-state index in [0.717, 1.165) is 37.4 Å². The van der Waals surface area contributed by atoms with Crippen molar-refractivity contribution in [1.29, 1.82) is 0 Å². The van der Waals surface area contributed by atoms with Gasteiger partial charge in [-0.15, -0.1) is 0 Å². The molecule has 5 aromatic heterocycles. The van der Waals surface area contributed by atoms with Crippen molar-refractivity contribution < 1.29 is 4.39 Å². The number of rotatable bonds is 3. The Morgan fingerprint density at radius 3 is 2.62 bits per heavy atom. The Kier molecular flexibility index (Phi) is 4.28. The summed E-state index contributed by atoms with van der Waals surface area (Å²) in [6.45, 7) is 3.80. The van der Waals surface area contributed by atoms with Gasteiger partial charge in [-0.25, -0.2) is 24.3 Å². The average Bonchev–Trinajstić information content (AvgIpc) is 3.45. The van der Waals surface area contributed by atoms with Crippen LogP contribution in [-0.2, 0) is 0 Å². The van der Waals surface area contributed by atoms with Crippen molar-refractivity contribution in [2.24, 2.45) is 0 Å². The number of aromatic amines is 2. The summed E-state index contributed by atoms with van der Waals surface area (Å²) in [6.07, 6.45) is 7.74. The van der Waals surface area contributed by atoms with Gasteiger partial charge in [0.15, 0.2) is 17.3 Å². The van der Waals surface area contributed by atoms with Gasteiger partial charge >= 0.3 is 0 Å². The molecule has 0 amide bonds. The fourth-order valence-corrected chi connectivity index (χ4v) is 4.09. The van der Waals surface area contributed by atoms with Crippen molar-refractivity contribution in [2.75, 3.05) is 38.1 Å². The maximum absolute atomic E-state index is 15.5. The number of imidazole rings is 1. The summed E-state index contributed by atoms with van der Waals surface area (Å²) in [6, 6.07) is 1.98. The van der Waals surface area contributed by atoms with Gasteiger partial charge in [-0.05, 0) is 13.1 Å². The number of H-pyrrole nitrogens is 2. The van der Waals surface area contributed by atoms with Gasteiger partial charge in [-0.3, -0.25) is 10.1 Å². The van der Waals surface area contributed by atoms with Crippen LogP contribution in [0, 0.1) is 5.82 Å². The minimum Gasteiger partial charge on any atom is -0.367 e. The van der Waals surface area contributed by atoms with Gasteiger partial charge in [-0.2, -0.15) is 5.10 Å². The molecule has 2 N–H and O–H groups in total. The smallest absolute Gasteiger partial charge is 0.180 e. The van der Waals surface area contributed by atoms with Crippen LogP contribution in [0.2, 0.25) is 0 Å². The molecule has 0 spiro atoms. The van der Waals surface area contributed by atoms with Crippen LogP contribution in [0.15, 0.2) is 37.2 Å². The van der Waals surface area contributed by atoms with E-state index in [1.165, 1.54) is 18.7 Å². The molecule has 0 bridgehead atoms. The Morgan fingerprint density at radius 1 is 1.00 bits per heavy atom. The summed E-state index contributed by atoms with van der Waals surface area (Å²) in [4.78, 5) is 29.1. The van der Waals surface area contributed by atoms with Crippen LogP contribution < -0.4 is 4.90 Å². The van der Waals surface area contributed by atoms with Crippen molar-refractivity contribution in [1.82, 2.24) is 45.0 Å². The second-order valence-corrected chi connectivity index (χ2v) is 7.81. The average molecular weight is 430 g/mol. The highest BCUT2D eigenvalue weighted by molar-refractivity contribution is 5.96. The monoisotopic (exact) mass is 430 g/mol. The number of hydrogen-bond donors (Lipinski definition) is 2. The number of aromatic nitrogens is 8. The van der Waals surface area contributed by atoms with Crippen molar-refractivity contribution in [3.05, 3.63) is 43.0 Å². The number of halogens is 1. The molecule has 0 atom stereocenters. The summed E-state index contributed by atoms with van der Waals surface area (Å²) in [5.74, 6) is -0.0607. The summed E-state index contributed by atoms with van der Waals surface area (Å²) in [5, 5.41) is 7.49. The van der Waals surface area contributed by atoms with Crippen LogP contribution in [0.25, 0.3) is 44.8 Å². The molecule has 0 saturated carbocycles. The number of piperazine rings is 1. The number of fused-ring (bicyclic) bond motifs is 2. The Morgan fingerprint density at radius 2 is 1.81 bits per heavy atom. The molecule has 6 rings (SSSR count). The molecule has 6 heterocycles. The highest BCUT2D eigenvalue weighted by atomic mass is 19.1. The molecule has 160 valence electrons. The maximum atomic E-state index is 15.5. The highest BCUT2D eigenvalue weighted by Gasteiger charge is 2.23. The summed E-state index contributed by atoms with van der Waals surface area (Å²) >= 11 is 0. The normalized spacial score (nSPS) is 15.1. The van der Waals surface area contributed by atoms with Gasteiger partial charge in [0.25, 0.3) is 0 Å². The first-order valence-corrected chi connectivity index (χ1v) is 10.3. The molecule has 11 heteroatoms. The Hall–Kier alpha value is -3.99. The van der Waals surface area contributed by atoms with Gasteiger partial charge in [0.2, 0.25) is 0 Å². The lowest BCUT2D eigenvalue weighted by atomic mass is 10.1. The molecule has 0 radical (unpaired) electrons. The number of anilines is 1. The molecule has 1 saturated heterocycles. The van der Waals surface area contributed by atoms with Crippen LogP contribution >= 0.6 is 0 Å². The van der Waals surface area contributed by atoms with Gasteiger partial charge in [0.05, 0.1) is 22.8 Å². The van der Waals surface area contributed by atoms with E-state index in [0.29, 0.717) is 33.6 Å². The van der Waals surface area contributed by atoms with E-state index >= 15 is 4.39 Å². The molecule has 0 unspecified atom stereocenters. The molecule has 0 aliphatic carbocycles. The van der Waals surface area contributed by atoms with Crippen LogP contribution in [0.3, 0.4) is 0 Å². The number of hydrogen-bond acceptors (Lipinski definition) is 8. The number of nitrogens with zero attached hydrogens (tertiary/aromatic N) is 8. The van der Waals surface area contributed by atoms with E-state index in [2.05, 4.69) is 56.9 Å². The van der Waals surface area contributed by atoms with Crippen LogP contribution in [-0.4, -0.2) is 78.2 Å². The zero-order valence-electron chi connectivity index (χ0n) is 17.2. The summed E-state index contributed by atoms with van der Waals surface area (Å²) in [5.41, 5.74) is 3.92. The van der Waals surface area contributed by atoms with Crippen molar-refractivity contribution in [3.8, 4) is 22.8 Å². The van der Waals surface area contributed by atoms with Crippen LogP contribution in [0.1, 0.15) is 0 Å². The Labute approximate surface area is 181 Å². The Bertz CT molecular complexity index is 1420. The molecule has 5 aromatic rings. The topological polar surface area (TPSA) is 115 Å². The minimum absolute atomic E-state index is 0.160. The summed E-state index contributed by atoms with van der Waals surface area (Å²) in [7, 11) is 2.12. The van der Waals surface area contributed by atoms with E-state index in [1.807, 2.05) is 6.07 Å². The fourth-order valence-electron chi connectivity index (χ4n) is 4.09. The largest absolute Gasteiger partial charge is 0.367 e. The molecule has 0 aromatic carbocycles. The number of pyridine rings is 2. The standard InChI is InChI=1S/C21H19FN10/c1-31-4-6-32(7-5-31)14-2-3-25-20-18(14)27-21(28-20)19-15-13(29-30-19)10-26-17(16(15)22)12-8-23-11-24-9-12/h2-3,8-11H,4-7H2,1H3,(H,29,30)(H,25,27,28). The van der Waals surface area contributed by atoms with E-state index in [-0.39, 0.29) is 5.69 Å². The second-order valence-electron chi connectivity index (χ2n) is 7.81. The lowest BCUT2D eigenvalue weighted by Gasteiger charge is -2.34. The van der Waals surface area contributed by atoms with Crippen molar-refractivity contribution in [3.63, 3.8) is 0 Å². The van der Waals surface area contributed by atoms with Crippen molar-refractivity contribution in [2.45, 2.75) is 0 Å². The van der Waals surface area contributed by atoms with Gasteiger partial charge in [0, 0.05) is 50.3 Å². The second kappa shape index (κ2) is 7.31. The van der Waals surface area contributed by atoms with Crippen LogP contribution in [0.4, 0.5) is 10.1 Å². The van der Waals surface area contributed by atoms with E-state index in [4.69, 9.17) is 0 Å². The molecule has 1 fully saturated rings. The lowest BCUT2D eigenvalue weighted by molar-refractivity contribution is 0.313. The number of nitrogens with one attached hydrogen (secondary N) is 2. The summed E-state index contributed by atoms with van der Waals surface area (Å²) < 4.78 is 15.5. The van der Waals surface area contributed by atoms with Crippen LogP contribution in [0.5, 0.6) is 0 Å². The first kappa shape index (κ1) is 18.8. The third-order valence-electron chi connectivity index (χ3n) is 5.82. The maximum Gasteiger partial charge on any atom is 0.180 e. The predicted octanol–water partition coefficient (Wildman–Crippen LogP) is 2.24. The molecular formula is C21H19FN10. The quantitative estimate of drug-likeness (QED) is 0.448. The number of likely N-dealkylation sites (N-methyl/N-ethyl adjacent to an activating group) is 1. The molecule has 32 heavy (non-hydrogen) atoms. The van der Waals surface area contributed by atoms with Gasteiger partial charge in [-0.1, -0.05) is 0 Å². The molecule has 10 nitrogen and oxygen atoms in total. The fraction of sp³-hybridized carbons (Fsp3) is 0.238. The highest BCUT2D eigenvalue weighted by Crippen LogP contribution is 2.33. The van der Waals surface area contributed by atoms with Gasteiger partial charge in [0.1, 0.15) is 23.2 Å². The molecule has 1 aliphatic heterocycles. The minimum atomic E-state index is -0.506. The molecular weight excluding hydrogens is 411 g/mol. The van der Waals surface area contributed by atoms with E-state index < -0.39 is 5.82 Å². The third kappa shape index (κ3) is 2.97. The van der Waals surface area contributed by atoms with E-state index in [9.17, 15) is 0 Å². The first-order valence-electron chi connectivity index (χ1n) is 10.3. The van der Waals surface area contributed by atoms with Gasteiger partial charge < -0.3 is 14.8 Å². The zero-order valence-corrected chi connectivity index (χ0v) is 17.2. The predicted molar refractivity (Wildman–Crippen MR) is 117 cm³/mol.